The van der Waals surface area contributed by atoms with Crippen LogP contribution < -0.4 is 5.73 Å². The quantitative estimate of drug-likeness (QED) is 0.746. The summed E-state index contributed by atoms with van der Waals surface area (Å²) in [6, 6.07) is 9.19. The first-order valence-corrected chi connectivity index (χ1v) is 7.71. The first-order valence-electron chi connectivity index (χ1n) is 6.55. The monoisotopic (exact) mass is 251 g/mol. The van der Waals surface area contributed by atoms with Gasteiger partial charge < -0.3 is 5.73 Å². The lowest BCUT2D eigenvalue weighted by Crippen LogP contribution is -2.25. The van der Waals surface area contributed by atoms with Crippen molar-refractivity contribution in [3.05, 3.63) is 35.4 Å². The zero-order valence-corrected chi connectivity index (χ0v) is 12.1. The second kappa shape index (κ2) is 7.78. The molecule has 0 aliphatic carbocycles. The van der Waals surface area contributed by atoms with Gasteiger partial charge in [-0.25, -0.2) is 0 Å². The molecule has 1 unspecified atom stereocenters. The molecule has 0 heterocycles. The smallest absolute Gasteiger partial charge is 0.0171 e. The standard InChI is InChI=1S/C15H25NS/c1-4-9-17-11-15(16)10-13-5-7-14(8-6-13)12(2)3/h5-8,12,15H,4,9-11,16H2,1-3H3. The van der Waals surface area contributed by atoms with Gasteiger partial charge in [-0.2, -0.15) is 11.8 Å². The number of rotatable bonds is 7. The van der Waals surface area contributed by atoms with E-state index in [2.05, 4.69) is 45.0 Å². The molecule has 1 atom stereocenters. The van der Waals surface area contributed by atoms with E-state index in [4.69, 9.17) is 5.73 Å². The van der Waals surface area contributed by atoms with Crippen LogP contribution in [0.5, 0.6) is 0 Å². The Morgan fingerprint density at radius 2 is 1.82 bits per heavy atom. The molecule has 1 aromatic carbocycles. The van der Waals surface area contributed by atoms with Crippen LogP contribution in [-0.4, -0.2) is 17.5 Å². The minimum absolute atomic E-state index is 0.288. The van der Waals surface area contributed by atoms with E-state index >= 15 is 0 Å². The summed E-state index contributed by atoms with van der Waals surface area (Å²) in [6.07, 6.45) is 2.23. The number of benzene rings is 1. The summed E-state index contributed by atoms with van der Waals surface area (Å²) in [5.74, 6) is 2.90. The summed E-state index contributed by atoms with van der Waals surface area (Å²) in [6.45, 7) is 6.66. The largest absolute Gasteiger partial charge is 0.327 e. The third-order valence-electron chi connectivity index (χ3n) is 2.82. The highest BCUT2D eigenvalue weighted by Gasteiger charge is 2.05. The van der Waals surface area contributed by atoms with Crippen molar-refractivity contribution in [3.8, 4) is 0 Å². The van der Waals surface area contributed by atoms with Crippen LogP contribution in [0, 0.1) is 0 Å². The molecule has 0 radical (unpaired) electrons. The van der Waals surface area contributed by atoms with Crippen LogP contribution in [0.4, 0.5) is 0 Å². The fourth-order valence-electron chi connectivity index (χ4n) is 1.78. The topological polar surface area (TPSA) is 26.0 Å². The summed E-state index contributed by atoms with van der Waals surface area (Å²) in [4.78, 5) is 0. The van der Waals surface area contributed by atoms with Crippen molar-refractivity contribution in [2.24, 2.45) is 5.73 Å². The second-order valence-corrected chi connectivity index (χ2v) is 6.09. The van der Waals surface area contributed by atoms with E-state index in [9.17, 15) is 0 Å². The van der Waals surface area contributed by atoms with Gasteiger partial charge in [0.2, 0.25) is 0 Å². The molecule has 17 heavy (non-hydrogen) atoms. The van der Waals surface area contributed by atoms with Gasteiger partial charge in [0.15, 0.2) is 0 Å². The molecule has 1 nitrogen and oxygen atoms in total. The van der Waals surface area contributed by atoms with E-state index in [1.54, 1.807) is 0 Å². The first-order chi connectivity index (χ1) is 8.13. The summed E-state index contributed by atoms with van der Waals surface area (Å²) in [7, 11) is 0. The van der Waals surface area contributed by atoms with Gasteiger partial charge in [0, 0.05) is 11.8 Å². The fourth-order valence-corrected chi connectivity index (χ4v) is 2.66. The van der Waals surface area contributed by atoms with Crippen LogP contribution in [0.15, 0.2) is 24.3 Å². The third kappa shape index (κ3) is 5.60. The van der Waals surface area contributed by atoms with Gasteiger partial charge in [-0.1, -0.05) is 45.0 Å². The highest BCUT2D eigenvalue weighted by atomic mass is 32.2. The van der Waals surface area contributed by atoms with E-state index in [0.717, 1.165) is 12.2 Å². The summed E-state index contributed by atoms with van der Waals surface area (Å²) in [5, 5.41) is 0. The number of thioether (sulfide) groups is 1. The van der Waals surface area contributed by atoms with Gasteiger partial charge in [-0.15, -0.1) is 0 Å². The maximum atomic E-state index is 6.12. The summed E-state index contributed by atoms with van der Waals surface area (Å²) in [5.41, 5.74) is 8.89. The molecular formula is C15H25NS. The van der Waals surface area contributed by atoms with E-state index in [1.807, 2.05) is 11.8 Å². The van der Waals surface area contributed by atoms with Crippen LogP contribution in [-0.2, 0) is 6.42 Å². The molecule has 0 bridgehead atoms. The molecular weight excluding hydrogens is 226 g/mol. The van der Waals surface area contributed by atoms with Crippen LogP contribution in [0.25, 0.3) is 0 Å². The van der Waals surface area contributed by atoms with Crippen LogP contribution >= 0.6 is 11.8 Å². The number of hydrogen-bond donors (Lipinski definition) is 1. The van der Waals surface area contributed by atoms with E-state index in [0.29, 0.717) is 5.92 Å². The molecule has 0 spiro atoms. The van der Waals surface area contributed by atoms with Crippen molar-refractivity contribution in [1.29, 1.82) is 0 Å². The van der Waals surface area contributed by atoms with E-state index in [1.165, 1.54) is 23.3 Å². The highest BCUT2D eigenvalue weighted by molar-refractivity contribution is 7.99. The van der Waals surface area contributed by atoms with Gasteiger partial charge in [-0.05, 0) is 35.6 Å². The minimum atomic E-state index is 0.288. The fraction of sp³-hybridized carbons (Fsp3) is 0.600. The van der Waals surface area contributed by atoms with Crippen molar-refractivity contribution >= 4 is 11.8 Å². The highest BCUT2D eigenvalue weighted by Crippen LogP contribution is 2.16. The molecule has 0 aromatic heterocycles. The SMILES string of the molecule is CCCSCC(N)Cc1ccc(C(C)C)cc1. The Morgan fingerprint density at radius 3 is 2.35 bits per heavy atom. The zero-order valence-electron chi connectivity index (χ0n) is 11.3. The Morgan fingerprint density at radius 1 is 1.18 bits per heavy atom. The predicted octanol–water partition coefficient (Wildman–Crippen LogP) is 3.82. The maximum absolute atomic E-state index is 6.12. The normalized spacial score (nSPS) is 13.0. The van der Waals surface area contributed by atoms with Gasteiger partial charge in [-0.3, -0.25) is 0 Å². The van der Waals surface area contributed by atoms with E-state index < -0.39 is 0 Å². The third-order valence-corrected chi connectivity index (χ3v) is 4.19. The molecule has 96 valence electrons. The lowest BCUT2D eigenvalue weighted by Gasteiger charge is -2.12. The average molecular weight is 251 g/mol. The molecule has 2 N–H and O–H groups in total. The lowest BCUT2D eigenvalue weighted by atomic mass is 10.00. The van der Waals surface area contributed by atoms with Crippen molar-refractivity contribution < 1.29 is 0 Å². The zero-order chi connectivity index (χ0) is 12.7. The number of nitrogens with two attached hydrogens (primary N) is 1. The Labute approximate surface area is 110 Å². The Kier molecular flexibility index (Phi) is 6.68. The summed E-state index contributed by atoms with van der Waals surface area (Å²) < 4.78 is 0. The molecule has 0 saturated heterocycles. The van der Waals surface area contributed by atoms with Crippen LogP contribution in [0.3, 0.4) is 0 Å². The van der Waals surface area contributed by atoms with Crippen LogP contribution in [0.2, 0.25) is 0 Å². The van der Waals surface area contributed by atoms with E-state index in [-0.39, 0.29) is 6.04 Å². The molecule has 2 heteroatoms. The molecule has 0 amide bonds. The van der Waals surface area contributed by atoms with Gasteiger partial charge in [0.05, 0.1) is 0 Å². The maximum Gasteiger partial charge on any atom is 0.0171 e. The molecule has 0 fully saturated rings. The Balaban J connectivity index is 2.40. The Hall–Kier alpha value is -0.470. The van der Waals surface area contributed by atoms with Gasteiger partial charge in [0.1, 0.15) is 0 Å². The molecule has 1 rings (SSSR count). The molecule has 0 aliphatic rings. The van der Waals surface area contributed by atoms with Crippen molar-refractivity contribution in [3.63, 3.8) is 0 Å². The predicted molar refractivity (Wildman–Crippen MR) is 79.8 cm³/mol. The Bertz CT molecular complexity index is 305. The van der Waals surface area contributed by atoms with Gasteiger partial charge in [0.25, 0.3) is 0 Å². The van der Waals surface area contributed by atoms with Crippen molar-refractivity contribution in [2.45, 2.75) is 45.6 Å². The molecule has 0 saturated carbocycles. The van der Waals surface area contributed by atoms with Crippen molar-refractivity contribution in [2.75, 3.05) is 11.5 Å². The number of hydrogen-bond acceptors (Lipinski definition) is 2. The summed E-state index contributed by atoms with van der Waals surface area (Å²) >= 11 is 1.96. The van der Waals surface area contributed by atoms with Gasteiger partial charge >= 0.3 is 0 Å². The average Bonchev–Trinajstić information content (AvgIpc) is 2.30. The van der Waals surface area contributed by atoms with Crippen molar-refractivity contribution in [1.82, 2.24) is 0 Å². The van der Waals surface area contributed by atoms with Crippen LogP contribution in [0.1, 0.15) is 44.2 Å². The molecule has 0 aliphatic heterocycles. The molecule has 1 aromatic rings. The minimum Gasteiger partial charge on any atom is -0.327 e. The first kappa shape index (κ1) is 14.6. The lowest BCUT2D eigenvalue weighted by molar-refractivity contribution is 0.747. The second-order valence-electron chi connectivity index (χ2n) is 4.94.